The third kappa shape index (κ3) is 3.06. The van der Waals surface area contributed by atoms with E-state index in [0.717, 1.165) is 16.8 Å². The van der Waals surface area contributed by atoms with Crippen LogP contribution in [-0.2, 0) is 11.3 Å². The molecular weight excluding hydrogens is 188 g/mol. The van der Waals surface area contributed by atoms with Crippen molar-refractivity contribution >= 4 is 11.6 Å². The number of amides is 1. The molecule has 1 aromatic rings. The number of hydrogen-bond donors (Lipinski definition) is 2. The molecule has 0 fully saturated rings. The first kappa shape index (κ1) is 11.7. The van der Waals surface area contributed by atoms with Crippen LogP contribution in [0.3, 0.4) is 0 Å². The van der Waals surface area contributed by atoms with Crippen LogP contribution in [0.1, 0.15) is 25.0 Å². The molecule has 3 N–H and O–H groups in total. The third-order valence-electron chi connectivity index (χ3n) is 2.32. The van der Waals surface area contributed by atoms with Gasteiger partial charge < -0.3 is 11.1 Å². The molecular formula is C12H18N2O. The number of aryl methyl sites for hydroxylation is 1. The highest BCUT2D eigenvalue weighted by Crippen LogP contribution is 2.17. The van der Waals surface area contributed by atoms with Crippen molar-refractivity contribution in [3.8, 4) is 0 Å². The number of carbonyl (C=O) groups excluding carboxylic acids is 1. The second-order valence-electron chi connectivity index (χ2n) is 4.00. The molecule has 82 valence electrons. The van der Waals surface area contributed by atoms with Crippen molar-refractivity contribution in [1.82, 2.24) is 0 Å². The van der Waals surface area contributed by atoms with Gasteiger partial charge in [-0.2, -0.15) is 0 Å². The van der Waals surface area contributed by atoms with Gasteiger partial charge in [0.2, 0.25) is 5.91 Å². The maximum absolute atomic E-state index is 11.5. The first-order chi connectivity index (χ1) is 7.04. The minimum absolute atomic E-state index is 0.00840. The van der Waals surface area contributed by atoms with Gasteiger partial charge in [0.15, 0.2) is 0 Å². The molecule has 15 heavy (non-hydrogen) atoms. The van der Waals surface area contributed by atoms with Gasteiger partial charge in [0.05, 0.1) is 0 Å². The third-order valence-corrected chi connectivity index (χ3v) is 2.32. The van der Waals surface area contributed by atoms with Crippen LogP contribution in [-0.4, -0.2) is 5.91 Å². The Morgan fingerprint density at radius 3 is 2.67 bits per heavy atom. The molecule has 0 atom stereocenters. The molecule has 0 aliphatic rings. The maximum Gasteiger partial charge on any atom is 0.226 e. The fourth-order valence-electron chi connectivity index (χ4n) is 1.21. The van der Waals surface area contributed by atoms with Crippen molar-refractivity contribution < 1.29 is 4.79 Å². The number of hydrogen-bond acceptors (Lipinski definition) is 2. The van der Waals surface area contributed by atoms with E-state index in [1.54, 1.807) is 0 Å². The smallest absolute Gasteiger partial charge is 0.226 e. The van der Waals surface area contributed by atoms with Crippen molar-refractivity contribution in [2.45, 2.75) is 27.3 Å². The number of nitrogens with one attached hydrogen (secondary N) is 1. The molecule has 0 saturated heterocycles. The lowest BCUT2D eigenvalue weighted by Gasteiger charge is -2.11. The predicted molar refractivity (Wildman–Crippen MR) is 62.5 cm³/mol. The Balaban J connectivity index is 2.88. The lowest BCUT2D eigenvalue weighted by molar-refractivity contribution is -0.118. The predicted octanol–water partition coefficient (Wildman–Crippen LogP) is 2.05. The molecule has 0 radical (unpaired) electrons. The summed E-state index contributed by atoms with van der Waals surface area (Å²) in [7, 11) is 0. The Hall–Kier alpha value is -1.35. The number of nitrogens with two attached hydrogens (primary N) is 1. The zero-order valence-corrected chi connectivity index (χ0v) is 9.50. The van der Waals surface area contributed by atoms with Gasteiger partial charge in [-0.05, 0) is 24.1 Å². The topological polar surface area (TPSA) is 55.1 Å². The molecule has 1 rings (SSSR count). The average molecular weight is 206 g/mol. The van der Waals surface area contributed by atoms with Crippen molar-refractivity contribution in [3.63, 3.8) is 0 Å². The van der Waals surface area contributed by atoms with E-state index >= 15 is 0 Å². The first-order valence-electron chi connectivity index (χ1n) is 5.15. The molecule has 0 saturated carbocycles. The number of carbonyl (C=O) groups is 1. The van der Waals surface area contributed by atoms with Gasteiger partial charge >= 0.3 is 0 Å². The van der Waals surface area contributed by atoms with Crippen molar-refractivity contribution in [2.24, 2.45) is 11.7 Å². The average Bonchev–Trinajstić information content (AvgIpc) is 2.21. The Bertz CT molecular complexity index is 359. The van der Waals surface area contributed by atoms with Crippen molar-refractivity contribution in [2.75, 3.05) is 5.32 Å². The Morgan fingerprint density at radius 1 is 1.47 bits per heavy atom. The zero-order valence-electron chi connectivity index (χ0n) is 9.50. The van der Waals surface area contributed by atoms with E-state index in [9.17, 15) is 4.79 Å². The van der Waals surface area contributed by atoms with Crippen LogP contribution in [0, 0.1) is 12.8 Å². The van der Waals surface area contributed by atoms with E-state index in [0.29, 0.717) is 6.54 Å². The summed E-state index contributed by atoms with van der Waals surface area (Å²) in [5.74, 6) is 0.0261. The monoisotopic (exact) mass is 206 g/mol. The Labute approximate surface area is 90.7 Å². The summed E-state index contributed by atoms with van der Waals surface area (Å²) in [6, 6.07) is 5.87. The molecule has 1 amide bonds. The van der Waals surface area contributed by atoms with Gasteiger partial charge in [0.25, 0.3) is 0 Å². The Morgan fingerprint density at radius 2 is 2.13 bits per heavy atom. The van der Waals surface area contributed by atoms with Crippen LogP contribution in [0.15, 0.2) is 18.2 Å². The molecule has 0 aliphatic heterocycles. The van der Waals surface area contributed by atoms with Gasteiger partial charge in [-0.1, -0.05) is 26.0 Å². The van der Waals surface area contributed by atoms with Crippen LogP contribution >= 0.6 is 0 Å². The highest BCUT2D eigenvalue weighted by Gasteiger charge is 2.08. The minimum atomic E-state index is -0.00840. The van der Waals surface area contributed by atoms with Crippen LogP contribution in [0.4, 0.5) is 5.69 Å². The largest absolute Gasteiger partial charge is 0.326 e. The minimum Gasteiger partial charge on any atom is -0.326 e. The summed E-state index contributed by atoms with van der Waals surface area (Å²) in [6.45, 7) is 6.20. The van der Waals surface area contributed by atoms with Crippen LogP contribution in [0.5, 0.6) is 0 Å². The summed E-state index contributed by atoms with van der Waals surface area (Å²) in [6.07, 6.45) is 0. The van der Waals surface area contributed by atoms with Gasteiger partial charge in [-0.3, -0.25) is 4.79 Å². The van der Waals surface area contributed by atoms with Gasteiger partial charge in [-0.25, -0.2) is 0 Å². The quantitative estimate of drug-likeness (QED) is 0.795. The highest BCUT2D eigenvalue weighted by molar-refractivity contribution is 5.92. The summed E-state index contributed by atoms with van der Waals surface area (Å²) in [5.41, 5.74) is 8.49. The van der Waals surface area contributed by atoms with Gasteiger partial charge in [0, 0.05) is 18.2 Å². The molecule has 3 nitrogen and oxygen atoms in total. The molecule has 0 aliphatic carbocycles. The van der Waals surface area contributed by atoms with E-state index < -0.39 is 0 Å². The van der Waals surface area contributed by atoms with Gasteiger partial charge in [0.1, 0.15) is 0 Å². The van der Waals surface area contributed by atoms with Crippen molar-refractivity contribution in [3.05, 3.63) is 29.3 Å². The lowest BCUT2D eigenvalue weighted by Crippen LogP contribution is -2.18. The molecule has 1 aromatic carbocycles. The fraction of sp³-hybridized carbons (Fsp3) is 0.417. The number of rotatable bonds is 3. The molecule has 0 heterocycles. The van der Waals surface area contributed by atoms with Crippen LogP contribution < -0.4 is 11.1 Å². The molecule has 0 bridgehead atoms. The molecule has 0 unspecified atom stereocenters. The second-order valence-corrected chi connectivity index (χ2v) is 4.00. The molecule has 0 aromatic heterocycles. The van der Waals surface area contributed by atoms with Crippen LogP contribution in [0.2, 0.25) is 0 Å². The number of anilines is 1. The summed E-state index contributed by atoms with van der Waals surface area (Å²) >= 11 is 0. The van der Waals surface area contributed by atoms with E-state index in [-0.39, 0.29) is 11.8 Å². The SMILES string of the molecule is Cc1ccc(CN)cc1NC(=O)C(C)C. The first-order valence-corrected chi connectivity index (χ1v) is 5.15. The highest BCUT2D eigenvalue weighted by atomic mass is 16.1. The van der Waals surface area contributed by atoms with Crippen LogP contribution in [0.25, 0.3) is 0 Å². The summed E-state index contributed by atoms with van der Waals surface area (Å²) < 4.78 is 0. The molecule has 0 spiro atoms. The van der Waals surface area contributed by atoms with E-state index in [4.69, 9.17) is 5.73 Å². The molecule has 3 heteroatoms. The standard InChI is InChI=1S/C12H18N2O/c1-8(2)12(15)14-11-6-10(7-13)5-4-9(11)3/h4-6,8H,7,13H2,1-3H3,(H,14,15). The summed E-state index contributed by atoms with van der Waals surface area (Å²) in [5, 5.41) is 2.89. The van der Waals surface area contributed by atoms with E-state index in [1.165, 1.54) is 0 Å². The van der Waals surface area contributed by atoms with E-state index in [2.05, 4.69) is 5.32 Å². The second kappa shape index (κ2) is 4.94. The number of benzene rings is 1. The van der Waals surface area contributed by atoms with E-state index in [1.807, 2.05) is 39.0 Å². The summed E-state index contributed by atoms with van der Waals surface area (Å²) in [4.78, 5) is 11.5. The Kier molecular flexibility index (Phi) is 3.86. The normalized spacial score (nSPS) is 10.5. The van der Waals surface area contributed by atoms with Crippen molar-refractivity contribution in [1.29, 1.82) is 0 Å². The zero-order chi connectivity index (χ0) is 11.4. The van der Waals surface area contributed by atoms with Gasteiger partial charge in [-0.15, -0.1) is 0 Å². The lowest BCUT2D eigenvalue weighted by atomic mass is 10.1. The maximum atomic E-state index is 11.5. The fourth-order valence-corrected chi connectivity index (χ4v) is 1.21.